The molecule has 5 nitrogen and oxygen atoms in total. The predicted octanol–water partition coefficient (Wildman–Crippen LogP) is -0.903. The van der Waals surface area contributed by atoms with E-state index in [1.165, 1.54) is 0 Å². The highest BCUT2D eigenvalue weighted by molar-refractivity contribution is 4.68. The molecule has 1 heterocycles. The summed E-state index contributed by atoms with van der Waals surface area (Å²) in [4.78, 5) is 9.78. The summed E-state index contributed by atoms with van der Waals surface area (Å²) in [5.74, 6) is 0. The van der Waals surface area contributed by atoms with Gasteiger partial charge in [0.05, 0.1) is 13.1 Å². The van der Waals surface area contributed by atoms with E-state index in [2.05, 4.69) is 5.43 Å². The first-order valence-electron chi connectivity index (χ1n) is 2.72. The number of hydrogen-bond donors (Lipinski definition) is 0. The third-order valence-corrected chi connectivity index (χ3v) is 1.31. The number of hydrogen-bond acceptors (Lipinski definition) is 3. The molecule has 9 heavy (non-hydrogen) atoms. The normalized spacial score (nSPS) is 28.8. The maximum absolute atomic E-state index is 10.1. The van der Waals surface area contributed by atoms with E-state index in [1.807, 2.05) is 0 Å². The SMILES string of the molecule is CN1CC([N+](=O)[O-])C[N]1. The summed E-state index contributed by atoms with van der Waals surface area (Å²) in [6.45, 7) is 0.788. The van der Waals surface area contributed by atoms with Crippen LogP contribution in [0.4, 0.5) is 0 Å². The predicted molar refractivity (Wildman–Crippen MR) is 30.4 cm³/mol. The second-order valence-electron chi connectivity index (χ2n) is 2.10. The van der Waals surface area contributed by atoms with Crippen molar-refractivity contribution >= 4 is 0 Å². The quantitative estimate of drug-likeness (QED) is 0.341. The molecule has 51 valence electrons. The standard InChI is InChI=1S/C4H8N3O2/c1-6-3-4(2-5-6)7(8)9/h4H,2-3H2,1H3. The van der Waals surface area contributed by atoms with Crippen LogP contribution < -0.4 is 5.43 Å². The van der Waals surface area contributed by atoms with Gasteiger partial charge in [-0.2, -0.15) is 5.43 Å². The number of nitro groups is 1. The Hall–Kier alpha value is -0.680. The minimum atomic E-state index is -0.477. The molecule has 0 saturated carbocycles. The first kappa shape index (κ1) is 6.44. The lowest BCUT2D eigenvalue weighted by Gasteiger charge is -2.00. The minimum absolute atomic E-state index is 0.285. The van der Waals surface area contributed by atoms with E-state index in [1.54, 1.807) is 12.1 Å². The zero-order valence-corrected chi connectivity index (χ0v) is 5.15. The summed E-state index contributed by atoms with van der Waals surface area (Å²) in [6.07, 6.45) is 0. The summed E-state index contributed by atoms with van der Waals surface area (Å²) in [6, 6.07) is -0.477. The van der Waals surface area contributed by atoms with Gasteiger partial charge in [0, 0.05) is 12.0 Å². The largest absolute Gasteiger partial charge is 0.264 e. The minimum Gasteiger partial charge on any atom is -0.264 e. The van der Waals surface area contributed by atoms with Crippen LogP contribution in [0.15, 0.2) is 0 Å². The Bertz CT molecular complexity index is 127. The second kappa shape index (κ2) is 2.28. The fourth-order valence-corrected chi connectivity index (χ4v) is 0.787. The molecule has 1 rings (SSSR count). The van der Waals surface area contributed by atoms with E-state index < -0.39 is 6.04 Å². The first-order valence-corrected chi connectivity index (χ1v) is 2.72. The van der Waals surface area contributed by atoms with E-state index >= 15 is 0 Å². The average molecular weight is 130 g/mol. The van der Waals surface area contributed by atoms with Gasteiger partial charge in [-0.3, -0.25) is 10.1 Å². The van der Waals surface area contributed by atoms with E-state index in [4.69, 9.17) is 0 Å². The third kappa shape index (κ3) is 1.36. The lowest BCUT2D eigenvalue weighted by Crippen LogP contribution is -2.24. The monoisotopic (exact) mass is 130 g/mol. The van der Waals surface area contributed by atoms with Gasteiger partial charge in [0.15, 0.2) is 0 Å². The molecule has 1 aliphatic heterocycles. The fourth-order valence-electron chi connectivity index (χ4n) is 0.787. The van der Waals surface area contributed by atoms with Crippen LogP contribution >= 0.6 is 0 Å². The van der Waals surface area contributed by atoms with Crippen LogP contribution in [0.25, 0.3) is 0 Å². The van der Waals surface area contributed by atoms with Crippen LogP contribution in [-0.4, -0.2) is 36.1 Å². The van der Waals surface area contributed by atoms with Crippen molar-refractivity contribution < 1.29 is 4.92 Å². The van der Waals surface area contributed by atoms with Crippen molar-refractivity contribution in [1.29, 1.82) is 0 Å². The lowest BCUT2D eigenvalue weighted by molar-refractivity contribution is -0.514. The molecule has 1 radical (unpaired) electrons. The maximum Gasteiger partial charge on any atom is 0.242 e. The van der Waals surface area contributed by atoms with E-state index in [0.717, 1.165) is 0 Å². The molecule has 5 heteroatoms. The molecule has 0 aromatic carbocycles. The van der Waals surface area contributed by atoms with Crippen LogP contribution in [0, 0.1) is 10.1 Å². The van der Waals surface area contributed by atoms with Crippen molar-refractivity contribution in [2.45, 2.75) is 6.04 Å². The van der Waals surface area contributed by atoms with Gasteiger partial charge in [0.25, 0.3) is 0 Å². The van der Waals surface area contributed by atoms with Gasteiger partial charge < -0.3 is 0 Å². The highest BCUT2D eigenvalue weighted by atomic mass is 16.6. The zero-order chi connectivity index (χ0) is 6.85. The highest BCUT2D eigenvalue weighted by Gasteiger charge is 2.29. The van der Waals surface area contributed by atoms with Crippen LogP contribution in [0.2, 0.25) is 0 Å². The Kier molecular flexibility index (Phi) is 1.63. The van der Waals surface area contributed by atoms with Crippen molar-refractivity contribution in [3.63, 3.8) is 0 Å². The summed E-state index contributed by atoms with van der Waals surface area (Å²) in [5.41, 5.74) is 3.83. The summed E-state index contributed by atoms with van der Waals surface area (Å²) in [7, 11) is 1.74. The average Bonchev–Trinajstić information content (AvgIpc) is 2.14. The molecule has 0 aliphatic carbocycles. The maximum atomic E-state index is 10.1. The Morgan fingerprint density at radius 3 is 2.78 bits per heavy atom. The molecule has 0 N–H and O–H groups in total. The topological polar surface area (TPSA) is 60.5 Å². The number of likely N-dealkylation sites (N-methyl/N-ethyl adjacent to an activating group) is 1. The molecule has 1 fully saturated rings. The van der Waals surface area contributed by atoms with Crippen molar-refractivity contribution in [3.8, 4) is 0 Å². The van der Waals surface area contributed by atoms with Crippen molar-refractivity contribution in [1.82, 2.24) is 10.4 Å². The van der Waals surface area contributed by atoms with Crippen LogP contribution in [-0.2, 0) is 0 Å². The molecule has 0 aromatic heterocycles. The Morgan fingerprint density at radius 1 is 1.89 bits per heavy atom. The van der Waals surface area contributed by atoms with E-state index in [9.17, 15) is 10.1 Å². The van der Waals surface area contributed by atoms with Gasteiger partial charge in [-0.25, -0.2) is 5.01 Å². The van der Waals surface area contributed by atoms with E-state index in [-0.39, 0.29) is 4.92 Å². The molecule has 1 aliphatic rings. The van der Waals surface area contributed by atoms with Gasteiger partial charge in [-0.05, 0) is 0 Å². The van der Waals surface area contributed by atoms with E-state index in [0.29, 0.717) is 13.1 Å². The molecule has 0 spiro atoms. The van der Waals surface area contributed by atoms with Gasteiger partial charge in [0.2, 0.25) is 6.04 Å². The summed E-state index contributed by atoms with van der Waals surface area (Å²) >= 11 is 0. The van der Waals surface area contributed by atoms with Gasteiger partial charge >= 0.3 is 0 Å². The van der Waals surface area contributed by atoms with Crippen LogP contribution in [0.3, 0.4) is 0 Å². The molecular formula is C4H8N3O2. The van der Waals surface area contributed by atoms with Gasteiger partial charge in [-0.1, -0.05) is 0 Å². The van der Waals surface area contributed by atoms with Crippen molar-refractivity contribution in [2.75, 3.05) is 20.1 Å². The summed E-state index contributed by atoms with van der Waals surface area (Å²) in [5, 5.41) is 11.7. The smallest absolute Gasteiger partial charge is 0.242 e. The molecule has 0 aromatic rings. The lowest BCUT2D eigenvalue weighted by atomic mass is 10.3. The van der Waals surface area contributed by atoms with Gasteiger partial charge in [-0.15, -0.1) is 0 Å². The number of nitrogens with zero attached hydrogens (tertiary/aromatic N) is 3. The Morgan fingerprint density at radius 2 is 2.56 bits per heavy atom. The fraction of sp³-hybridized carbons (Fsp3) is 1.00. The van der Waals surface area contributed by atoms with Crippen LogP contribution in [0.1, 0.15) is 0 Å². The molecule has 1 atom stereocenters. The second-order valence-corrected chi connectivity index (χ2v) is 2.10. The molecule has 0 amide bonds. The number of rotatable bonds is 1. The zero-order valence-electron chi connectivity index (χ0n) is 5.15. The van der Waals surface area contributed by atoms with Crippen LogP contribution in [0.5, 0.6) is 0 Å². The Labute approximate surface area is 52.8 Å². The molecular weight excluding hydrogens is 122 g/mol. The Balaban J connectivity index is 2.39. The summed E-state index contributed by atoms with van der Waals surface area (Å²) < 4.78 is 0. The molecule has 1 unspecified atom stereocenters. The van der Waals surface area contributed by atoms with Gasteiger partial charge in [0.1, 0.15) is 0 Å². The highest BCUT2D eigenvalue weighted by Crippen LogP contribution is 1.99. The molecule has 1 saturated heterocycles. The van der Waals surface area contributed by atoms with Crippen molar-refractivity contribution in [3.05, 3.63) is 10.1 Å². The van der Waals surface area contributed by atoms with Crippen molar-refractivity contribution in [2.24, 2.45) is 0 Å². The molecule has 0 bridgehead atoms. The first-order chi connectivity index (χ1) is 4.20. The third-order valence-electron chi connectivity index (χ3n) is 1.31.